The lowest BCUT2D eigenvalue weighted by Gasteiger charge is -2.10. The highest BCUT2D eigenvalue weighted by atomic mass is 14.1. The zero-order chi connectivity index (χ0) is 12.0. The molecule has 0 amide bonds. The van der Waals surface area contributed by atoms with Crippen LogP contribution in [0.25, 0.3) is 0 Å². The first-order valence-corrected chi connectivity index (χ1v) is 6.62. The van der Waals surface area contributed by atoms with Crippen molar-refractivity contribution in [3.05, 3.63) is 34.4 Å². The summed E-state index contributed by atoms with van der Waals surface area (Å²) in [5.41, 5.74) is 5.37. The van der Waals surface area contributed by atoms with E-state index in [4.69, 9.17) is 0 Å². The summed E-state index contributed by atoms with van der Waals surface area (Å²) in [6.07, 6.45) is 7.35. The molecule has 1 aromatic carbocycles. The number of benzene rings is 1. The van der Waals surface area contributed by atoms with E-state index in [0.29, 0.717) is 0 Å². The van der Waals surface area contributed by atoms with Crippen molar-refractivity contribution in [1.29, 1.82) is 0 Å². The first kappa shape index (κ1) is 13.3. The molecule has 0 fully saturated rings. The Morgan fingerprint density at radius 2 is 1.12 bits per heavy atom. The zero-order valence-corrected chi connectivity index (χ0v) is 11.2. The molecule has 0 aliphatic rings. The molecular weight excluding hydrogens is 192 g/mol. The molecule has 88 valence electrons. The van der Waals surface area contributed by atoms with Gasteiger partial charge >= 0.3 is 0 Å². The van der Waals surface area contributed by atoms with E-state index in [0.717, 1.165) is 12.8 Å². The predicted octanol–water partition coefficient (Wildman–Crippen LogP) is 4.59. The summed E-state index contributed by atoms with van der Waals surface area (Å²) >= 11 is 0. The van der Waals surface area contributed by atoms with Gasteiger partial charge in [-0.15, -0.1) is 0 Å². The van der Waals surface area contributed by atoms with Crippen LogP contribution in [0, 0.1) is 26.0 Å². The molecule has 0 aliphatic carbocycles. The van der Waals surface area contributed by atoms with Gasteiger partial charge in [-0.2, -0.15) is 0 Å². The van der Waals surface area contributed by atoms with Gasteiger partial charge in [0.15, 0.2) is 0 Å². The average molecular weight is 216 g/mol. The van der Waals surface area contributed by atoms with Gasteiger partial charge in [0.2, 0.25) is 0 Å². The van der Waals surface area contributed by atoms with Crippen LogP contribution in [0.5, 0.6) is 0 Å². The highest BCUT2D eigenvalue weighted by Gasteiger charge is 2.05. The normalized spacial score (nSPS) is 10.8. The number of hydrogen-bond acceptors (Lipinski definition) is 0. The Balaban J connectivity index is 2.79. The summed E-state index contributed by atoms with van der Waals surface area (Å²) in [5, 5.41) is 0. The van der Waals surface area contributed by atoms with Gasteiger partial charge in [0, 0.05) is 0 Å². The molecule has 1 aromatic rings. The smallest absolute Gasteiger partial charge is 0.0111 e. The van der Waals surface area contributed by atoms with Crippen molar-refractivity contribution in [2.75, 3.05) is 0 Å². The first-order chi connectivity index (χ1) is 7.69. The van der Waals surface area contributed by atoms with Gasteiger partial charge in [-0.25, -0.2) is 0 Å². The summed E-state index contributed by atoms with van der Waals surface area (Å²) in [6.45, 7) is 8.83. The minimum absolute atomic E-state index is 1.16. The zero-order valence-electron chi connectivity index (χ0n) is 11.2. The van der Waals surface area contributed by atoms with Crippen LogP contribution in [0.4, 0.5) is 0 Å². The average Bonchev–Trinajstić information content (AvgIpc) is 2.28. The summed E-state index contributed by atoms with van der Waals surface area (Å²) in [4.78, 5) is 0. The number of unbranched alkanes of at least 4 members (excludes halogenated alkanes) is 2. The van der Waals surface area contributed by atoms with E-state index in [1.807, 2.05) is 0 Å². The third kappa shape index (κ3) is 3.66. The molecule has 0 unspecified atom stereocenters. The predicted molar refractivity (Wildman–Crippen MR) is 70.8 cm³/mol. The van der Waals surface area contributed by atoms with Crippen LogP contribution in [0.2, 0.25) is 0 Å². The molecular formula is C16H24. The summed E-state index contributed by atoms with van der Waals surface area (Å²) in [5.74, 6) is 0. The van der Waals surface area contributed by atoms with E-state index in [1.54, 1.807) is 0 Å². The van der Waals surface area contributed by atoms with Crippen LogP contribution in [-0.4, -0.2) is 0 Å². The first-order valence-electron chi connectivity index (χ1n) is 6.62. The van der Waals surface area contributed by atoms with Crippen LogP contribution in [0.1, 0.15) is 61.8 Å². The molecule has 0 heteroatoms. The largest absolute Gasteiger partial charge is 0.0654 e. The van der Waals surface area contributed by atoms with Crippen molar-refractivity contribution in [3.8, 4) is 0 Å². The van der Waals surface area contributed by atoms with E-state index in [9.17, 15) is 0 Å². The van der Waals surface area contributed by atoms with Gasteiger partial charge in [-0.05, 0) is 73.9 Å². The number of aryl methyl sites for hydroxylation is 4. The quantitative estimate of drug-likeness (QED) is 0.652. The molecule has 1 rings (SSSR count). The monoisotopic (exact) mass is 216 g/mol. The Bertz CT molecular complexity index is 289. The molecule has 0 saturated heterocycles. The lowest BCUT2D eigenvalue weighted by Crippen LogP contribution is -1.98. The molecule has 0 bridgehead atoms. The molecule has 0 heterocycles. The standard InChI is InChI=1S/C16H24/c1-5-7-9-15-11-14(4)16(10-8-6-2)12-13(15)3/h5-10H2,1-4H3. The minimum atomic E-state index is 1.16. The second-order valence-corrected chi connectivity index (χ2v) is 4.66. The molecule has 0 N–H and O–H groups in total. The van der Waals surface area contributed by atoms with Gasteiger partial charge < -0.3 is 0 Å². The Morgan fingerprint density at radius 1 is 0.750 bits per heavy atom. The summed E-state index contributed by atoms with van der Waals surface area (Å²) < 4.78 is 0. The van der Waals surface area contributed by atoms with Crippen molar-refractivity contribution >= 4 is 0 Å². The van der Waals surface area contributed by atoms with Crippen LogP contribution in [-0.2, 0) is 12.8 Å². The maximum atomic E-state index is 3.56. The van der Waals surface area contributed by atoms with Gasteiger partial charge in [-0.1, -0.05) is 26.7 Å². The topological polar surface area (TPSA) is 0 Å². The highest BCUT2D eigenvalue weighted by Crippen LogP contribution is 2.18. The van der Waals surface area contributed by atoms with Crippen LogP contribution in [0.15, 0.2) is 0 Å². The SMILES string of the molecule is CCCCc1[c]c(C)c(CCCC)[c]c1C. The molecule has 16 heavy (non-hydrogen) atoms. The summed E-state index contributed by atoms with van der Waals surface area (Å²) in [6, 6.07) is 7.11. The van der Waals surface area contributed by atoms with E-state index < -0.39 is 0 Å². The summed E-state index contributed by atoms with van der Waals surface area (Å²) in [7, 11) is 0. The van der Waals surface area contributed by atoms with Crippen LogP contribution in [0.3, 0.4) is 0 Å². The van der Waals surface area contributed by atoms with Crippen LogP contribution >= 0.6 is 0 Å². The van der Waals surface area contributed by atoms with E-state index in [-0.39, 0.29) is 0 Å². The van der Waals surface area contributed by atoms with Gasteiger partial charge in [0.1, 0.15) is 0 Å². The fourth-order valence-electron chi connectivity index (χ4n) is 2.00. The van der Waals surface area contributed by atoms with Gasteiger partial charge in [-0.3, -0.25) is 0 Å². The van der Waals surface area contributed by atoms with Crippen molar-refractivity contribution in [3.63, 3.8) is 0 Å². The van der Waals surface area contributed by atoms with Crippen LogP contribution < -0.4 is 0 Å². The maximum absolute atomic E-state index is 3.56. The Hall–Kier alpha value is -0.780. The fourth-order valence-corrected chi connectivity index (χ4v) is 2.00. The second-order valence-electron chi connectivity index (χ2n) is 4.66. The molecule has 0 atom stereocenters. The second kappa shape index (κ2) is 6.73. The molecule has 0 spiro atoms. The Morgan fingerprint density at radius 3 is 1.44 bits per heavy atom. The number of rotatable bonds is 6. The maximum Gasteiger partial charge on any atom is -0.0111 e. The van der Waals surface area contributed by atoms with E-state index in [1.165, 1.54) is 47.9 Å². The minimum Gasteiger partial charge on any atom is -0.0654 e. The molecule has 0 aromatic heterocycles. The third-order valence-electron chi connectivity index (χ3n) is 3.14. The lowest BCUT2D eigenvalue weighted by atomic mass is 9.94. The van der Waals surface area contributed by atoms with Gasteiger partial charge in [0.25, 0.3) is 0 Å². The van der Waals surface area contributed by atoms with E-state index in [2.05, 4.69) is 39.8 Å². The third-order valence-corrected chi connectivity index (χ3v) is 3.14. The van der Waals surface area contributed by atoms with Crippen molar-refractivity contribution in [2.45, 2.75) is 66.2 Å². The lowest BCUT2D eigenvalue weighted by molar-refractivity contribution is 0.776. The van der Waals surface area contributed by atoms with E-state index >= 15 is 0 Å². The van der Waals surface area contributed by atoms with Crippen molar-refractivity contribution in [2.24, 2.45) is 0 Å². The Labute approximate surface area is 101 Å². The molecule has 0 saturated carbocycles. The highest BCUT2D eigenvalue weighted by molar-refractivity contribution is 5.35. The Kier molecular flexibility index (Phi) is 5.59. The molecule has 2 radical (unpaired) electrons. The van der Waals surface area contributed by atoms with Crippen molar-refractivity contribution < 1.29 is 0 Å². The molecule has 0 nitrogen and oxygen atoms in total. The molecule has 0 aliphatic heterocycles. The van der Waals surface area contributed by atoms with Crippen molar-refractivity contribution in [1.82, 2.24) is 0 Å². The fraction of sp³-hybridized carbons (Fsp3) is 0.625. The van der Waals surface area contributed by atoms with Gasteiger partial charge in [0.05, 0.1) is 0 Å². The number of hydrogen-bond donors (Lipinski definition) is 0.